The van der Waals surface area contributed by atoms with Crippen LogP contribution in [0.25, 0.3) is 11.0 Å². The molecule has 1 aliphatic heterocycles. The Hall–Kier alpha value is -2.65. The molecule has 0 aliphatic carbocycles. The van der Waals surface area contributed by atoms with Crippen LogP contribution in [0.4, 0.5) is 5.82 Å². The Balaban J connectivity index is 1.79. The zero-order valence-corrected chi connectivity index (χ0v) is 14.3. The molecule has 1 aliphatic rings. The molecule has 3 aromatic rings. The van der Waals surface area contributed by atoms with E-state index in [-0.39, 0.29) is 17.8 Å². The number of fused-ring (bicyclic) bond motifs is 1. The molecular formula is C16H16N6O2S. The van der Waals surface area contributed by atoms with E-state index in [0.29, 0.717) is 34.0 Å². The van der Waals surface area contributed by atoms with Gasteiger partial charge >= 0.3 is 0 Å². The van der Waals surface area contributed by atoms with Crippen molar-refractivity contribution in [2.45, 2.75) is 22.9 Å². The first kappa shape index (κ1) is 15.9. The van der Waals surface area contributed by atoms with Crippen LogP contribution in [-0.4, -0.2) is 48.2 Å². The second-order valence-corrected chi connectivity index (χ2v) is 7.26. The van der Waals surface area contributed by atoms with Crippen LogP contribution < -0.4 is 5.73 Å². The zero-order valence-electron chi connectivity index (χ0n) is 13.5. The molecule has 1 amide bonds. The predicted molar refractivity (Wildman–Crippen MR) is 92.1 cm³/mol. The maximum atomic E-state index is 13.0. The molecule has 128 valence electrons. The van der Waals surface area contributed by atoms with Crippen LogP contribution in [0.1, 0.15) is 13.0 Å². The molecule has 0 radical (unpaired) electrons. The molecule has 1 unspecified atom stereocenters. The standard InChI is InChI=1S/C16H16N6O2S/c1-10(23)21-7-11(8-21)22-15-13(14(17)18-9-19-15)16(20-22)25(24)12-5-3-2-4-6-12/h2-6,9,11H,7-8H2,1H3,(H2,17,18,19). The van der Waals surface area contributed by atoms with Crippen LogP contribution in [0.5, 0.6) is 0 Å². The Labute approximate surface area is 146 Å². The molecule has 0 saturated carbocycles. The number of likely N-dealkylation sites (tertiary alicyclic amines) is 1. The van der Waals surface area contributed by atoms with Gasteiger partial charge in [0.05, 0.1) is 6.04 Å². The number of hydrogen-bond acceptors (Lipinski definition) is 6. The number of nitrogens with zero attached hydrogens (tertiary/aromatic N) is 5. The Morgan fingerprint density at radius 3 is 2.68 bits per heavy atom. The lowest BCUT2D eigenvalue weighted by Gasteiger charge is -2.38. The largest absolute Gasteiger partial charge is 0.605 e. The summed E-state index contributed by atoms with van der Waals surface area (Å²) in [6.45, 7) is 2.63. The molecule has 0 bridgehead atoms. The average molecular weight is 356 g/mol. The molecule has 9 heteroatoms. The Bertz CT molecular complexity index is 938. The van der Waals surface area contributed by atoms with Crippen molar-refractivity contribution in [3.8, 4) is 0 Å². The van der Waals surface area contributed by atoms with E-state index in [0.717, 1.165) is 0 Å². The van der Waals surface area contributed by atoms with Crippen LogP contribution in [0.3, 0.4) is 0 Å². The van der Waals surface area contributed by atoms with Gasteiger partial charge in [0.25, 0.3) is 5.03 Å². The molecular weight excluding hydrogens is 340 g/mol. The summed E-state index contributed by atoms with van der Waals surface area (Å²) in [5, 5.41) is 5.39. The summed E-state index contributed by atoms with van der Waals surface area (Å²) in [6.07, 6.45) is 1.37. The van der Waals surface area contributed by atoms with Crippen molar-refractivity contribution >= 4 is 33.9 Å². The van der Waals surface area contributed by atoms with Gasteiger partial charge in [-0.1, -0.05) is 18.2 Å². The minimum Gasteiger partial charge on any atom is -0.605 e. The lowest BCUT2D eigenvalue weighted by Crippen LogP contribution is -2.50. The van der Waals surface area contributed by atoms with Crippen molar-refractivity contribution in [1.29, 1.82) is 0 Å². The summed E-state index contributed by atoms with van der Waals surface area (Å²) < 4.78 is 14.7. The van der Waals surface area contributed by atoms with E-state index < -0.39 is 11.2 Å². The number of carbonyl (C=O) groups is 1. The van der Waals surface area contributed by atoms with Gasteiger partial charge in [-0.25, -0.2) is 14.6 Å². The van der Waals surface area contributed by atoms with Gasteiger partial charge < -0.3 is 15.2 Å². The minimum atomic E-state index is -1.50. The van der Waals surface area contributed by atoms with Crippen molar-refractivity contribution in [2.75, 3.05) is 18.8 Å². The molecule has 8 nitrogen and oxygen atoms in total. The first-order chi connectivity index (χ1) is 12.1. The Morgan fingerprint density at radius 2 is 2.00 bits per heavy atom. The molecule has 2 aromatic heterocycles. The van der Waals surface area contributed by atoms with Crippen molar-refractivity contribution in [3.05, 3.63) is 36.7 Å². The molecule has 1 saturated heterocycles. The molecule has 4 rings (SSSR count). The van der Waals surface area contributed by atoms with Gasteiger partial charge in [0.2, 0.25) is 5.91 Å². The summed E-state index contributed by atoms with van der Waals surface area (Å²) in [5.41, 5.74) is 6.56. The lowest BCUT2D eigenvalue weighted by molar-refractivity contribution is -0.134. The van der Waals surface area contributed by atoms with Gasteiger partial charge in [0.15, 0.2) is 10.5 Å². The fourth-order valence-electron chi connectivity index (χ4n) is 2.87. The molecule has 25 heavy (non-hydrogen) atoms. The fraction of sp³-hybridized carbons (Fsp3) is 0.250. The quantitative estimate of drug-likeness (QED) is 0.700. The summed E-state index contributed by atoms with van der Waals surface area (Å²) in [6, 6.07) is 9.05. The number of carbonyl (C=O) groups excluding carboxylic acids is 1. The van der Waals surface area contributed by atoms with E-state index in [1.807, 2.05) is 18.2 Å². The highest BCUT2D eigenvalue weighted by Crippen LogP contribution is 2.33. The number of aromatic nitrogens is 4. The number of nitrogens with two attached hydrogens (primary N) is 1. The van der Waals surface area contributed by atoms with Crippen LogP contribution in [0.2, 0.25) is 0 Å². The normalized spacial score (nSPS) is 16.0. The Morgan fingerprint density at radius 1 is 1.28 bits per heavy atom. The van der Waals surface area contributed by atoms with E-state index in [9.17, 15) is 9.35 Å². The first-order valence-corrected chi connectivity index (χ1v) is 8.92. The smallest absolute Gasteiger partial charge is 0.282 e. The van der Waals surface area contributed by atoms with Crippen molar-refractivity contribution in [3.63, 3.8) is 0 Å². The monoisotopic (exact) mass is 356 g/mol. The van der Waals surface area contributed by atoms with E-state index >= 15 is 0 Å². The summed E-state index contributed by atoms with van der Waals surface area (Å²) in [7, 11) is 0. The van der Waals surface area contributed by atoms with Gasteiger partial charge in [-0.2, -0.15) is 0 Å². The van der Waals surface area contributed by atoms with E-state index in [1.54, 1.807) is 21.7 Å². The number of rotatable bonds is 3. The van der Waals surface area contributed by atoms with Crippen LogP contribution in [0.15, 0.2) is 46.6 Å². The number of benzene rings is 1. The number of anilines is 1. The highest BCUT2D eigenvalue weighted by molar-refractivity contribution is 7.91. The Kier molecular flexibility index (Phi) is 3.81. The third-order valence-electron chi connectivity index (χ3n) is 4.27. The van der Waals surface area contributed by atoms with Gasteiger partial charge in [0.1, 0.15) is 17.5 Å². The van der Waals surface area contributed by atoms with E-state index in [2.05, 4.69) is 15.1 Å². The molecule has 0 spiro atoms. The van der Waals surface area contributed by atoms with Gasteiger partial charge in [-0.15, -0.1) is 5.10 Å². The zero-order chi connectivity index (χ0) is 17.6. The first-order valence-electron chi connectivity index (χ1n) is 7.77. The van der Waals surface area contributed by atoms with Crippen LogP contribution in [-0.2, 0) is 16.0 Å². The molecule has 3 heterocycles. The van der Waals surface area contributed by atoms with Crippen LogP contribution >= 0.6 is 0 Å². The maximum Gasteiger partial charge on any atom is 0.282 e. The maximum absolute atomic E-state index is 13.0. The third-order valence-corrected chi connectivity index (χ3v) is 5.61. The van der Waals surface area contributed by atoms with Gasteiger partial charge in [-0.3, -0.25) is 4.79 Å². The van der Waals surface area contributed by atoms with Crippen molar-refractivity contribution in [2.24, 2.45) is 0 Å². The number of amides is 1. The second kappa shape index (κ2) is 6.01. The average Bonchev–Trinajstić information content (AvgIpc) is 2.94. The number of nitrogen functional groups attached to an aromatic ring is 1. The summed E-state index contributed by atoms with van der Waals surface area (Å²) >= 11 is -1.50. The minimum absolute atomic E-state index is 0.0118. The molecule has 2 N–H and O–H groups in total. The fourth-order valence-corrected chi connectivity index (χ4v) is 4.04. The highest BCUT2D eigenvalue weighted by Gasteiger charge is 2.35. The summed E-state index contributed by atoms with van der Waals surface area (Å²) in [4.78, 5) is 22.1. The molecule has 1 atom stereocenters. The van der Waals surface area contributed by atoms with Crippen molar-refractivity contribution in [1.82, 2.24) is 24.6 Å². The predicted octanol–water partition coefficient (Wildman–Crippen LogP) is 0.978. The molecule has 1 fully saturated rings. The van der Waals surface area contributed by atoms with Crippen molar-refractivity contribution < 1.29 is 9.35 Å². The lowest BCUT2D eigenvalue weighted by atomic mass is 10.1. The van der Waals surface area contributed by atoms with Gasteiger partial charge in [0, 0.05) is 31.2 Å². The third kappa shape index (κ3) is 2.61. The highest BCUT2D eigenvalue weighted by atomic mass is 32.2. The topological polar surface area (TPSA) is 113 Å². The number of hydrogen-bond donors (Lipinski definition) is 1. The van der Waals surface area contributed by atoms with Gasteiger partial charge in [-0.05, 0) is 12.1 Å². The second-order valence-electron chi connectivity index (χ2n) is 5.87. The molecule has 1 aromatic carbocycles. The van der Waals surface area contributed by atoms with E-state index in [4.69, 9.17) is 5.73 Å². The van der Waals surface area contributed by atoms with Crippen LogP contribution in [0, 0.1) is 0 Å². The summed E-state index contributed by atoms with van der Waals surface area (Å²) in [5.74, 6) is 0.271. The van der Waals surface area contributed by atoms with E-state index in [1.165, 1.54) is 13.3 Å². The SMILES string of the molecule is CC(=O)N1CC(n2nc([S+]([O-])c3ccccc3)c3c(N)ncnc32)C1.